The average molecular weight is 211 g/mol. The summed E-state index contributed by atoms with van der Waals surface area (Å²) in [5, 5.41) is 0. The summed E-state index contributed by atoms with van der Waals surface area (Å²) in [7, 11) is 0. The number of allylic oxidation sites excluding steroid dienone is 1. The lowest BCUT2D eigenvalue weighted by atomic mass is 10.1. The van der Waals surface area contributed by atoms with Crippen LogP contribution in [-0.2, 0) is 4.79 Å². The fourth-order valence-corrected chi connectivity index (χ4v) is 1.56. The van der Waals surface area contributed by atoms with Crippen LogP contribution in [0.3, 0.4) is 0 Å². The number of unbranched alkanes of at least 4 members (excludes halogenated alkanes) is 5. The van der Waals surface area contributed by atoms with Gasteiger partial charge in [0.05, 0.1) is 0 Å². The Bertz CT molecular complexity index is 166. The Morgan fingerprint density at radius 2 is 1.60 bits per heavy atom. The molecule has 2 heteroatoms. The van der Waals surface area contributed by atoms with Crippen molar-refractivity contribution in [1.29, 1.82) is 0 Å². The van der Waals surface area contributed by atoms with Gasteiger partial charge < -0.3 is 5.73 Å². The molecule has 0 amide bonds. The zero-order valence-electron chi connectivity index (χ0n) is 9.84. The van der Waals surface area contributed by atoms with Gasteiger partial charge >= 0.3 is 0 Å². The van der Waals surface area contributed by atoms with Crippen molar-refractivity contribution in [3.63, 3.8) is 0 Å². The molecule has 0 radical (unpaired) electrons. The van der Waals surface area contributed by atoms with Gasteiger partial charge in [0.2, 0.25) is 0 Å². The summed E-state index contributed by atoms with van der Waals surface area (Å²) in [6, 6.07) is 0. The molecule has 0 fully saturated rings. The van der Waals surface area contributed by atoms with Gasteiger partial charge in [-0.15, -0.1) is 6.58 Å². The van der Waals surface area contributed by atoms with Gasteiger partial charge in [-0.25, -0.2) is 0 Å². The van der Waals surface area contributed by atoms with Crippen LogP contribution < -0.4 is 5.73 Å². The van der Waals surface area contributed by atoms with E-state index in [2.05, 4.69) is 6.58 Å². The minimum absolute atomic E-state index is 0.422. The Balaban J connectivity index is 3.15. The second-order valence-corrected chi connectivity index (χ2v) is 4.03. The zero-order valence-corrected chi connectivity index (χ0v) is 9.84. The number of nitrogens with two attached hydrogens (primary N) is 1. The topological polar surface area (TPSA) is 43.1 Å². The molecular weight excluding hydrogens is 186 g/mol. The van der Waals surface area contributed by atoms with Gasteiger partial charge in [0, 0.05) is 12.8 Å². The van der Waals surface area contributed by atoms with Crippen molar-refractivity contribution >= 4 is 5.78 Å². The predicted octanol–water partition coefficient (Wildman–Crippen LogP) is 3.21. The van der Waals surface area contributed by atoms with Gasteiger partial charge in [0.1, 0.15) is 5.78 Å². The van der Waals surface area contributed by atoms with Crippen molar-refractivity contribution in [3.8, 4) is 0 Å². The van der Waals surface area contributed by atoms with Gasteiger partial charge in [0.25, 0.3) is 0 Å². The van der Waals surface area contributed by atoms with Crippen LogP contribution in [0.15, 0.2) is 12.7 Å². The van der Waals surface area contributed by atoms with Crippen LogP contribution in [0.25, 0.3) is 0 Å². The highest BCUT2D eigenvalue weighted by Crippen LogP contribution is 2.07. The molecular formula is C13H25NO. The van der Waals surface area contributed by atoms with Crippen LogP contribution in [0.5, 0.6) is 0 Å². The van der Waals surface area contributed by atoms with E-state index in [-0.39, 0.29) is 0 Å². The van der Waals surface area contributed by atoms with Crippen LogP contribution in [0.1, 0.15) is 57.8 Å². The minimum atomic E-state index is 0.422. The first-order valence-electron chi connectivity index (χ1n) is 6.14. The second-order valence-electron chi connectivity index (χ2n) is 4.03. The lowest BCUT2D eigenvalue weighted by Gasteiger charge is -2.00. The predicted molar refractivity (Wildman–Crippen MR) is 65.8 cm³/mol. The molecule has 0 aromatic heterocycles. The van der Waals surface area contributed by atoms with Crippen molar-refractivity contribution in [3.05, 3.63) is 12.7 Å². The molecule has 0 aromatic carbocycles. The van der Waals surface area contributed by atoms with Crippen molar-refractivity contribution < 1.29 is 4.79 Å². The SMILES string of the molecule is C=CCCCCCC(=O)CCCCCN. The summed E-state index contributed by atoms with van der Waals surface area (Å²) in [4.78, 5) is 11.4. The van der Waals surface area contributed by atoms with E-state index in [0.717, 1.165) is 57.9 Å². The summed E-state index contributed by atoms with van der Waals surface area (Å²) < 4.78 is 0. The normalized spacial score (nSPS) is 10.2. The highest BCUT2D eigenvalue weighted by atomic mass is 16.1. The Morgan fingerprint density at radius 1 is 1.00 bits per heavy atom. The molecule has 0 aliphatic heterocycles. The van der Waals surface area contributed by atoms with Crippen molar-refractivity contribution in [2.24, 2.45) is 5.73 Å². The van der Waals surface area contributed by atoms with Gasteiger partial charge in [-0.3, -0.25) is 4.79 Å². The summed E-state index contributed by atoms with van der Waals surface area (Å²) in [6.45, 7) is 4.42. The van der Waals surface area contributed by atoms with E-state index in [0.29, 0.717) is 5.78 Å². The Morgan fingerprint density at radius 3 is 2.13 bits per heavy atom. The average Bonchev–Trinajstić information content (AvgIpc) is 2.24. The molecule has 0 unspecified atom stereocenters. The van der Waals surface area contributed by atoms with Gasteiger partial charge in [-0.1, -0.05) is 18.9 Å². The summed E-state index contributed by atoms with van der Waals surface area (Å²) in [5.41, 5.74) is 5.38. The maximum absolute atomic E-state index is 11.4. The summed E-state index contributed by atoms with van der Waals surface area (Å²) in [5.74, 6) is 0.422. The molecule has 0 saturated heterocycles. The standard InChI is InChI=1S/C13H25NO/c1-2-3-4-5-7-10-13(15)11-8-6-9-12-14/h2H,1,3-12,14H2. The fraction of sp³-hybridized carbons (Fsp3) is 0.769. The molecule has 88 valence electrons. The highest BCUT2D eigenvalue weighted by molar-refractivity contribution is 5.78. The van der Waals surface area contributed by atoms with Crippen LogP contribution in [0, 0.1) is 0 Å². The number of carbonyl (C=O) groups is 1. The number of rotatable bonds is 11. The Labute approximate surface area is 93.9 Å². The third-order valence-corrected chi connectivity index (χ3v) is 2.52. The Kier molecular flexibility index (Phi) is 11.0. The van der Waals surface area contributed by atoms with Gasteiger partial charge in [0.15, 0.2) is 0 Å². The lowest BCUT2D eigenvalue weighted by Crippen LogP contribution is -2.00. The van der Waals surface area contributed by atoms with E-state index in [4.69, 9.17) is 5.73 Å². The van der Waals surface area contributed by atoms with E-state index in [1.807, 2.05) is 6.08 Å². The zero-order chi connectivity index (χ0) is 11.4. The maximum atomic E-state index is 11.4. The summed E-state index contributed by atoms with van der Waals surface area (Å²) >= 11 is 0. The molecule has 0 saturated carbocycles. The third kappa shape index (κ3) is 11.3. The molecule has 0 aliphatic rings. The van der Waals surface area contributed by atoms with Crippen LogP contribution in [0.2, 0.25) is 0 Å². The lowest BCUT2D eigenvalue weighted by molar-refractivity contribution is -0.119. The highest BCUT2D eigenvalue weighted by Gasteiger charge is 2.00. The number of Topliss-reactive ketones (excluding diaryl/α,β-unsaturated/α-hetero) is 1. The fourth-order valence-electron chi connectivity index (χ4n) is 1.56. The van der Waals surface area contributed by atoms with Crippen LogP contribution in [0.4, 0.5) is 0 Å². The number of hydrogen-bond donors (Lipinski definition) is 1. The van der Waals surface area contributed by atoms with E-state index in [9.17, 15) is 4.79 Å². The molecule has 2 nitrogen and oxygen atoms in total. The molecule has 0 aliphatic carbocycles. The van der Waals surface area contributed by atoms with Crippen LogP contribution >= 0.6 is 0 Å². The smallest absolute Gasteiger partial charge is 0.132 e. The molecule has 0 heterocycles. The monoisotopic (exact) mass is 211 g/mol. The summed E-state index contributed by atoms with van der Waals surface area (Å²) in [6.07, 6.45) is 11.1. The minimum Gasteiger partial charge on any atom is -0.330 e. The largest absolute Gasteiger partial charge is 0.330 e. The van der Waals surface area contributed by atoms with E-state index in [1.54, 1.807) is 0 Å². The molecule has 0 rings (SSSR count). The first-order valence-corrected chi connectivity index (χ1v) is 6.14. The quantitative estimate of drug-likeness (QED) is 0.421. The first kappa shape index (κ1) is 14.4. The molecule has 15 heavy (non-hydrogen) atoms. The van der Waals surface area contributed by atoms with Crippen LogP contribution in [-0.4, -0.2) is 12.3 Å². The molecule has 0 spiro atoms. The van der Waals surface area contributed by atoms with Crippen molar-refractivity contribution in [2.45, 2.75) is 57.8 Å². The van der Waals surface area contributed by atoms with E-state index in [1.165, 1.54) is 6.42 Å². The van der Waals surface area contributed by atoms with E-state index < -0.39 is 0 Å². The van der Waals surface area contributed by atoms with Crippen molar-refractivity contribution in [1.82, 2.24) is 0 Å². The molecule has 2 N–H and O–H groups in total. The number of ketones is 1. The van der Waals surface area contributed by atoms with Crippen molar-refractivity contribution in [2.75, 3.05) is 6.54 Å². The second kappa shape index (κ2) is 11.4. The van der Waals surface area contributed by atoms with Gasteiger partial charge in [-0.2, -0.15) is 0 Å². The third-order valence-electron chi connectivity index (χ3n) is 2.52. The number of hydrogen-bond acceptors (Lipinski definition) is 2. The van der Waals surface area contributed by atoms with E-state index >= 15 is 0 Å². The molecule has 0 atom stereocenters. The maximum Gasteiger partial charge on any atom is 0.132 e. The Hall–Kier alpha value is -0.630. The number of carbonyl (C=O) groups excluding carboxylic acids is 1. The first-order chi connectivity index (χ1) is 7.31. The molecule has 0 aromatic rings. The molecule has 0 bridgehead atoms. The van der Waals surface area contributed by atoms with Gasteiger partial charge in [-0.05, 0) is 38.6 Å².